The van der Waals surface area contributed by atoms with Crippen LogP contribution in [0.2, 0.25) is 0 Å². The van der Waals surface area contributed by atoms with Gasteiger partial charge in [-0.15, -0.1) is 11.6 Å². The van der Waals surface area contributed by atoms with E-state index in [1.807, 2.05) is 17.6 Å². The topological polar surface area (TPSA) is 30.7 Å². The SMILES string of the molecule is CCn1c(C(C)Cl)nc2cc(Br)cnc21. The van der Waals surface area contributed by atoms with E-state index in [9.17, 15) is 0 Å². The van der Waals surface area contributed by atoms with E-state index in [1.54, 1.807) is 6.20 Å². The highest BCUT2D eigenvalue weighted by Gasteiger charge is 2.14. The lowest BCUT2D eigenvalue weighted by Gasteiger charge is -2.05. The molecule has 0 saturated carbocycles. The van der Waals surface area contributed by atoms with Gasteiger partial charge in [-0.25, -0.2) is 9.97 Å². The van der Waals surface area contributed by atoms with E-state index in [-0.39, 0.29) is 5.38 Å². The number of alkyl halides is 1. The zero-order valence-electron chi connectivity index (χ0n) is 8.54. The largest absolute Gasteiger partial charge is 0.312 e. The van der Waals surface area contributed by atoms with Crippen LogP contribution in [0.25, 0.3) is 11.2 Å². The lowest BCUT2D eigenvalue weighted by Crippen LogP contribution is -2.02. The number of hydrogen-bond donors (Lipinski definition) is 0. The number of fused-ring (bicyclic) bond motifs is 1. The molecule has 0 aromatic carbocycles. The second-order valence-corrected chi connectivity index (χ2v) is 4.90. The number of halogens is 2. The molecule has 2 heterocycles. The van der Waals surface area contributed by atoms with Crippen molar-refractivity contribution in [2.75, 3.05) is 0 Å². The maximum atomic E-state index is 6.08. The third-order valence-corrected chi connectivity index (χ3v) is 2.88. The van der Waals surface area contributed by atoms with Crippen LogP contribution >= 0.6 is 27.5 Å². The van der Waals surface area contributed by atoms with E-state index < -0.39 is 0 Å². The average molecular weight is 289 g/mol. The van der Waals surface area contributed by atoms with Crippen LogP contribution in [0.5, 0.6) is 0 Å². The maximum Gasteiger partial charge on any atom is 0.160 e. The first-order valence-corrected chi connectivity index (χ1v) is 6.02. The molecule has 0 radical (unpaired) electrons. The van der Waals surface area contributed by atoms with Gasteiger partial charge >= 0.3 is 0 Å². The van der Waals surface area contributed by atoms with Crippen LogP contribution in [0.4, 0.5) is 0 Å². The molecule has 5 heteroatoms. The van der Waals surface area contributed by atoms with Crippen LogP contribution in [0, 0.1) is 0 Å². The molecule has 0 aliphatic carbocycles. The van der Waals surface area contributed by atoms with Crippen molar-refractivity contribution in [3.63, 3.8) is 0 Å². The molecule has 0 N–H and O–H groups in total. The normalized spacial score (nSPS) is 13.3. The van der Waals surface area contributed by atoms with Crippen molar-refractivity contribution in [3.05, 3.63) is 22.6 Å². The van der Waals surface area contributed by atoms with E-state index in [1.165, 1.54) is 0 Å². The summed E-state index contributed by atoms with van der Waals surface area (Å²) in [6, 6.07) is 1.96. The first-order valence-electron chi connectivity index (χ1n) is 4.79. The Morgan fingerprint density at radius 3 is 2.93 bits per heavy atom. The number of rotatable bonds is 2. The number of hydrogen-bond acceptors (Lipinski definition) is 2. The van der Waals surface area contributed by atoms with Gasteiger partial charge in [0.2, 0.25) is 0 Å². The van der Waals surface area contributed by atoms with Gasteiger partial charge in [0, 0.05) is 17.2 Å². The highest BCUT2D eigenvalue weighted by Crippen LogP contribution is 2.24. The van der Waals surface area contributed by atoms with Gasteiger partial charge in [0.15, 0.2) is 5.65 Å². The summed E-state index contributed by atoms with van der Waals surface area (Å²) < 4.78 is 2.98. The second kappa shape index (κ2) is 4.10. The number of aryl methyl sites for hydroxylation is 1. The van der Waals surface area contributed by atoms with E-state index in [0.29, 0.717) is 0 Å². The molecule has 15 heavy (non-hydrogen) atoms. The molecule has 80 valence electrons. The van der Waals surface area contributed by atoms with Gasteiger partial charge in [-0.05, 0) is 35.8 Å². The van der Waals surface area contributed by atoms with Crippen LogP contribution in [0.15, 0.2) is 16.7 Å². The number of nitrogens with zero attached hydrogens (tertiary/aromatic N) is 3. The summed E-state index contributed by atoms with van der Waals surface area (Å²) in [7, 11) is 0. The molecule has 2 aromatic heterocycles. The van der Waals surface area contributed by atoms with E-state index >= 15 is 0 Å². The number of pyridine rings is 1. The Hall–Kier alpha value is -0.610. The minimum Gasteiger partial charge on any atom is -0.312 e. The highest BCUT2D eigenvalue weighted by molar-refractivity contribution is 9.10. The van der Waals surface area contributed by atoms with Crippen molar-refractivity contribution in [2.45, 2.75) is 25.8 Å². The first-order chi connectivity index (χ1) is 7.13. The Kier molecular flexibility index (Phi) is 2.98. The zero-order chi connectivity index (χ0) is 11.0. The fourth-order valence-electron chi connectivity index (χ4n) is 1.62. The van der Waals surface area contributed by atoms with E-state index in [0.717, 1.165) is 28.0 Å². The Morgan fingerprint density at radius 2 is 2.33 bits per heavy atom. The van der Waals surface area contributed by atoms with Crippen LogP contribution < -0.4 is 0 Å². The molecular formula is C10H11BrClN3. The fourth-order valence-corrected chi connectivity index (χ4v) is 2.11. The molecule has 0 fully saturated rings. The zero-order valence-corrected chi connectivity index (χ0v) is 10.9. The smallest absolute Gasteiger partial charge is 0.160 e. The lowest BCUT2D eigenvalue weighted by atomic mass is 10.4. The third kappa shape index (κ3) is 1.88. The van der Waals surface area contributed by atoms with Crippen molar-refractivity contribution < 1.29 is 0 Å². The van der Waals surface area contributed by atoms with E-state index in [4.69, 9.17) is 11.6 Å². The summed E-state index contributed by atoms with van der Waals surface area (Å²) in [6.45, 7) is 4.81. The van der Waals surface area contributed by atoms with Crippen molar-refractivity contribution in [1.29, 1.82) is 0 Å². The Bertz CT molecular complexity index is 493. The standard InChI is InChI=1S/C10H11BrClN3/c1-3-15-9(6(2)12)14-8-4-7(11)5-13-10(8)15/h4-6H,3H2,1-2H3. The van der Waals surface area contributed by atoms with Gasteiger partial charge in [-0.2, -0.15) is 0 Å². The van der Waals surface area contributed by atoms with Gasteiger partial charge in [0.05, 0.1) is 5.38 Å². The van der Waals surface area contributed by atoms with Gasteiger partial charge in [0.1, 0.15) is 11.3 Å². The molecule has 0 aliphatic rings. The van der Waals surface area contributed by atoms with Gasteiger partial charge in [0.25, 0.3) is 0 Å². The quantitative estimate of drug-likeness (QED) is 0.792. The van der Waals surface area contributed by atoms with Crippen molar-refractivity contribution in [3.8, 4) is 0 Å². The van der Waals surface area contributed by atoms with Crippen molar-refractivity contribution in [2.24, 2.45) is 0 Å². The minimum atomic E-state index is -0.0991. The summed E-state index contributed by atoms with van der Waals surface area (Å²) >= 11 is 9.46. The Balaban J connectivity index is 2.73. The molecule has 0 spiro atoms. The molecule has 0 saturated heterocycles. The summed E-state index contributed by atoms with van der Waals surface area (Å²) in [6.07, 6.45) is 1.78. The molecule has 2 rings (SSSR count). The first kappa shape index (κ1) is 10.9. The lowest BCUT2D eigenvalue weighted by molar-refractivity contribution is 0.711. The second-order valence-electron chi connectivity index (χ2n) is 3.33. The van der Waals surface area contributed by atoms with Crippen LogP contribution in [-0.4, -0.2) is 14.5 Å². The Labute approximate surface area is 102 Å². The van der Waals surface area contributed by atoms with Crippen LogP contribution in [0.3, 0.4) is 0 Å². The summed E-state index contributed by atoms with van der Waals surface area (Å²) in [5.74, 6) is 0.875. The van der Waals surface area contributed by atoms with Crippen LogP contribution in [-0.2, 0) is 6.54 Å². The van der Waals surface area contributed by atoms with Crippen LogP contribution in [0.1, 0.15) is 25.0 Å². The monoisotopic (exact) mass is 287 g/mol. The summed E-state index contributed by atoms with van der Waals surface area (Å²) in [4.78, 5) is 8.83. The molecule has 3 nitrogen and oxygen atoms in total. The molecule has 1 unspecified atom stereocenters. The number of aromatic nitrogens is 3. The molecular weight excluding hydrogens is 277 g/mol. The summed E-state index contributed by atoms with van der Waals surface area (Å²) in [5.41, 5.74) is 1.77. The van der Waals surface area contributed by atoms with Gasteiger partial charge in [-0.1, -0.05) is 0 Å². The number of imidazole rings is 1. The molecule has 1 atom stereocenters. The third-order valence-electron chi connectivity index (χ3n) is 2.25. The predicted molar refractivity (Wildman–Crippen MR) is 65.2 cm³/mol. The maximum absolute atomic E-state index is 6.08. The highest BCUT2D eigenvalue weighted by atomic mass is 79.9. The fraction of sp³-hybridized carbons (Fsp3) is 0.400. The van der Waals surface area contributed by atoms with Crippen molar-refractivity contribution in [1.82, 2.24) is 14.5 Å². The Morgan fingerprint density at radius 1 is 1.60 bits per heavy atom. The van der Waals surface area contributed by atoms with Gasteiger partial charge < -0.3 is 4.57 Å². The molecule has 0 aliphatic heterocycles. The van der Waals surface area contributed by atoms with Gasteiger partial charge in [-0.3, -0.25) is 0 Å². The molecule has 0 amide bonds. The predicted octanol–water partition coefficient (Wildman–Crippen LogP) is 3.51. The minimum absolute atomic E-state index is 0.0991. The van der Waals surface area contributed by atoms with Crippen molar-refractivity contribution >= 4 is 38.7 Å². The average Bonchev–Trinajstić information content (AvgIpc) is 2.55. The molecule has 2 aromatic rings. The molecule has 0 bridgehead atoms. The summed E-state index contributed by atoms with van der Waals surface area (Å²) in [5, 5.41) is -0.0991. The van der Waals surface area contributed by atoms with E-state index in [2.05, 4.69) is 32.8 Å².